The molecule has 0 aliphatic heterocycles. The predicted octanol–water partition coefficient (Wildman–Crippen LogP) is -0.0619. The van der Waals surface area contributed by atoms with Gasteiger partial charge in [0.05, 0.1) is 17.5 Å². The molecule has 2 N–H and O–H groups in total. The van der Waals surface area contributed by atoms with Gasteiger partial charge in [0.15, 0.2) is 0 Å². The smallest absolute Gasteiger partial charge is 0.319 e. The van der Waals surface area contributed by atoms with Gasteiger partial charge in [-0.3, -0.25) is 9.97 Å². The van der Waals surface area contributed by atoms with Gasteiger partial charge >= 0.3 is 17.1 Å². The third-order valence-corrected chi connectivity index (χ3v) is 6.05. The Kier molecular flexibility index (Phi) is 4.18. The number of hydrogen-bond acceptors (Lipinski definition) is 4. The summed E-state index contributed by atoms with van der Waals surface area (Å²) < 4.78 is 12.4. The summed E-state index contributed by atoms with van der Waals surface area (Å²) in [5, 5.41) is 0. The fourth-order valence-electron chi connectivity index (χ4n) is 0.946. The minimum atomic E-state index is -3.02. The molecular formula is C6H8Cl2N3O4P. The standard InChI is InChI=1S/C6H8Cl2N3O4P/c7-1-16(15,2-8)3-11-5(13)9-4(12)10-6(11)14/h1-3H2,(H2,9,10,12,13,14). The molecule has 16 heavy (non-hydrogen) atoms. The lowest BCUT2D eigenvalue weighted by Gasteiger charge is -2.11. The highest BCUT2D eigenvalue weighted by Crippen LogP contribution is 2.48. The zero-order valence-corrected chi connectivity index (χ0v) is 10.3. The van der Waals surface area contributed by atoms with Crippen LogP contribution in [0.2, 0.25) is 0 Å². The summed E-state index contributed by atoms with van der Waals surface area (Å²) in [7, 11) is -3.02. The van der Waals surface area contributed by atoms with E-state index in [9.17, 15) is 18.9 Å². The lowest BCUT2D eigenvalue weighted by atomic mass is 10.9. The number of aromatic amines is 2. The zero-order chi connectivity index (χ0) is 12.3. The van der Waals surface area contributed by atoms with Gasteiger partial charge in [-0.1, -0.05) is 0 Å². The molecule has 1 aromatic heterocycles. The molecule has 0 spiro atoms. The third-order valence-electron chi connectivity index (χ3n) is 1.77. The first-order chi connectivity index (χ1) is 7.41. The highest BCUT2D eigenvalue weighted by atomic mass is 35.5. The largest absolute Gasteiger partial charge is 0.334 e. The van der Waals surface area contributed by atoms with Crippen LogP contribution in [0.4, 0.5) is 0 Å². The van der Waals surface area contributed by atoms with E-state index >= 15 is 0 Å². The summed E-state index contributed by atoms with van der Waals surface area (Å²) in [6.45, 7) is 0. The minimum Gasteiger partial charge on any atom is -0.319 e. The number of aromatic nitrogens is 3. The van der Waals surface area contributed by atoms with Crippen LogP contribution in [0, 0.1) is 0 Å². The van der Waals surface area contributed by atoms with Gasteiger partial charge in [-0.05, 0) is 0 Å². The van der Waals surface area contributed by atoms with Crippen LogP contribution in [-0.4, -0.2) is 25.8 Å². The molecule has 0 aliphatic rings. The van der Waals surface area contributed by atoms with Crippen LogP contribution in [0.25, 0.3) is 0 Å². The Morgan fingerprint density at radius 3 is 1.88 bits per heavy atom. The lowest BCUT2D eigenvalue weighted by molar-refractivity contribution is 0.565. The van der Waals surface area contributed by atoms with Gasteiger partial charge in [-0.25, -0.2) is 19.0 Å². The topological polar surface area (TPSA) is 105 Å². The van der Waals surface area contributed by atoms with E-state index in [0.29, 0.717) is 4.57 Å². The van der Waals surface area contributed by atoms with Gasteiger partial charge in [0.25, 0.3) is 0 Å². The number of rotatable bonds is 4. The van der Waals surface area contributed by atoms with Crippen molar-refractivity contribution in [3.05, 3.63) is 31.5 Å². The van der Waals surface area contributed by atoms with E-state index in [1.807, 2.05) is 9.97 Å². The van der Waals surface area contributed by atoms with E-state index < -0.39 is 30.5 Å². The second kappa shape index (κ2) is 5.03. The molecule has 0 bridgehead atoms. The number of alkyl halides is 2. The Hall–Kier alpha value is -0.780. The van der Waals surface area contributed by atoms with Crippen LogP contribution in [0.5, 0.6) is 0 Å². The SMILES string of the molecule is O=c1[nH]c(=O)n(CP(=O)(CCl)CCl)c(=O)[nH]1. The molecule has 0 radical (unpaired) electrons. The summed E-state index contributed by atoms with van der Waals surface area (Å²) >= 11 is 10.9. The first kappa shape index (κ1) is 13.3. The van der Waals surface area contributed by atoms with Gasteiger partial charge in [-0.2, -0.15) is 0 Å². The molecule has 1 aromatic rings. The van der Waals surface area contributed by atoms with Gasteiger partial charge in [-0.15, -0.1) is 23.2 Å². The molecule has 7 nitrogen and oxygen atoms in total. The van der Waals surface area contributed by atoms with Gasteiger partial charge in [0, 0.05) is 0 Å². The van der Waals surface area contributed by atoms with Crippen LogP contribution in [0.1, 0.15) is 0 Å². The van der Waals surface area contributed by atoms with Crippen molar-refractivity contribution in [3.63, 3.8) is 0 Å². The normalized spacial score (nSPS) is 11.6. The van der Waals surface area contributed by atoms with E-state index in [4.69, 9.17) is 23.2 Å². The average molecular weight is 288 g/mol. The van der Waals surface area contributed by atoms with Crippen LogP contribution < -0.4 is 17.1 Å². The van der Waals surface area contributed by atoms with Crippen LogP contribution in [0.3, 0.4) is 0 Å². The fraction of sp³-hybridized carbons (Fsp3) is 0.500. The van der Waals surface area contributed by atoms with Crippen molar-refractivity contribution in [3.8, 4) is 0 Å². The molecule has 1 heterocycles. The fourth-order valence-corrected chi connectivity index (χ4v) is 3.15. The van der Waals surface area contributed by atoms with E-state index in [0.717, 1.165) is 0 Å². The van der Waals surface area contributed by atoms with Crippen LogP contribution in [0.15, 0.2) is 14.4 Å². The van der Waals surface area contributed by atoms with Crippen molar-refractivity contribution in [2.24, 2.45) is 0 Å². The summed E-state index contributed by atoms with van der Waals surface area (Å²) in [4.78, 5) is 36.9. The lowest BCUT2D eigenvalue weighted by Crippen LogP contribution is -2.43. The molecule has 90 valence electrons. The van der Waals surface area contributed by atoms with E-state index in [2.05, 4.69) is 0 Å². The Balaban J connectivity index is 3.27. The van der Waals surface area contributed by atoms with E-state index in [1.54, 1.807) is 0 Å². The molecule has 0 fully saturated rings. The molecule has 1 rings (SSSR count). The Labute approximate surface area is 98.8 Å². The Morgan fingerprint density at radius 2 is 1.50 bits per heavy atom. The first-order valence-corrected chi connectivity index (χ1v) is 7.37. The number of H-pyrrole nitrogens is 2. The monoisotopic (exact) mass is 287 g/mol. The van der Waals surface area contributed by atoms with Gasteiger partial charge < -0.3 is 4.57 Å². The summed E-state index contributed by atoms with van der Waals surface area (Å²) in [5.74, 6) is 0. The summed E-state index contributed by atoms with van der Waals surface area (Å²) in [6.07, 6.45) is -0.398. The first-order valence-electron chi connectivity index (χ1n) is 4.04. The molecule has 0 aromatic carbocycles. The molecular weight excluding hydrogens is 280 g/mol. The number of nitrogens with zero attached hydrogens (tertiary/aromatic N) is 1. The average Bonchev–Trinajstić information content (AvgIpc) is 2.23. The molecule has 0 saturated heterocycles. The van der Waals surface area contributed by atoms with Crippen LogP contribution in [-0.2, 0) is 10.9 Å². The second-order valence-corrected chi connectivity index (χ2v) is 7.37. The second-order valence-electron chi connectivity index (χ2n) is 3.06. The van der Waals surface area contributed by atoms with Crippen molar-refractivity contribution in [1.29, 1.82) is 0 Å². The minimum absolute atomic E-state index is 0.249. The van der Waals surface area contributed by atoms with Crippen molar-refractivity contribution < 1.29 is 4.57 Å². The molecule has 0 unspecified atom stereocenters. The molecule has 10 heteroatoms. The molecule has 0 saturated carbocycles. The predicted molar refractivity (Wildman–Crippen MR) is 61.0 cm³/mol. The van der Waals surface area contributed by atoms with Gasteiger partial charge in [0.2, 0.25) is 0 Å². The maximum atomic E-state index is 11.8. The summed E-state index contributed by atoms with van der Waals surface area (Å²) in [6, 6.07) is 0. The maximum absolute atomic E-state index is 11.8. The van der Waals surface area contributed by atoms with E-state index in [-0.39, 0.29) is 11.2 Å². The maximum Gasteiger partial charge on any atom is 0.334 e. The molecule has 0 amide bonds. The number of hydrogen-bond donors (Lipinski definition) is 2. The Morgan fingerprint density at radius 1 is 1.06 bits per heavy atom. The van der Waals surface area contributed by atoms with Crippen molar-refractivity contribution >= 4 is 30.3 Å². The molecule has 0 atom stereocenters. The molecule has 0 aliphatic carbocycles. The number of halogens is 2. The summed E-state index contributed by atoms with van der Waals surface area (Å²) in [5.41, 5.74) is -3.30. The van der Waals surface area contributed by atoms with Crippen molar-refractivity contribution in [2.45, 2.75) is 6.29 Å². The highest BCUT2D eigenvalue weighted by Gasteiger charge is 2.22. The Bertz CT molecular complexity index is 546. The van der Waals surface area contributed by atoms with E-state index in [1.165, 1.54) is 0 Å². The zero-order valence-electron chi connectivity index (χ0n) is 7.90. The van der Waals surface area contributed by atoms with Crippen molar-refractivity contribution in [1.82, 2.24) is 14.5 Å². The number of nitrogens with one attached hydrogen (secondary N) is 2. The van der Waals surface area contributed by atoms with Crippen molar-refractivity contribution in [2.75, 3.05) is 11.2 Å². The third kappa shape index (κ3) is 2.87. The van der Waals surface area contributed by atoms with Crippen LogP contribution >= 0.6 is 30.3 Å². The quantitative estimate of drug-likeness (QED) is 0.598. The highest BCUT2D eigenvalue weighted by molar-refractivity contribution is 7.65. The van der Waals surface area contributed by atoms with Gasteiger partial charge in [0.1, 0.15) is 7.14 Å².